The van der Waals surface area contributed by atoms with Crippen LogP contribution in [0.25, 0.3) is 0 Å². The normalized spacial score (nSPS) is 18.1. The van der Waals surface area contributed by atoms with Gasteiger partial charge in [0, 0.05) is 11.2 Å². The number of carbonyl (C=O) groups excluding carboxylic acids is 1. The standard InChI is InChI=1S/C12H15ClN2O2/c1-8(2)12(17)6-15(7-12)11(16)10-5-9(13)3-4-14-10/h3-5,8,17H,6-7H2,1-2H3. The molecule has 17 heavy (non-hydrogen) atoms. The molecule has 0 spiro atoms. The Labute approximate surface area is 105 Å². The molecule has 5 heteroatoms. The number of amides is 1. The smallest absolute Gasteiger partial charge is 0.272 e. The molecule has 92 valence electrons. The topological polar surface area (TPSA) is 53.4 Å². The van der Waals surface area contributed by atoms with Crippen molar-refractivity contribution in [3.05, 3.63) is 29.0 Å². The maximum Gasteiger partial charge on any atom is 0.272 e. The molecule has 0 radical (unpaired) electrons. The van der Waals surface area contributed by atoms with Crippen LogP contribution < -0.4 is 0 Å². The molecule has 0 aliphatic carbocycles. The van der Waals surface area contributed by atoms with Crippen LogP contribution in [-0.2, 0) is 0 Å². The minimum atomic E-state index is -0.756. The van der Waals surface area contributed by atoms with E-state index >= 15 is 0 Å². The van der Waals surface area contributed by atoms with Gasteiger partial charge in [0.1, 0.15) is 11.3 Å². The second-order valence-electron chi connectivity index (χ2n) is 4.78. The highest BCUT2D eigenvalue weighted by molar-refractivity contribution is 6.30. The first kappa shape index (κ1) is 12.3. The van der Waals surface area contributed by atoms with E-state index in [1.54, 1.807) is 11.0 Å². The molecule has 0 atom stereocenters. The first-order chi connectivity index (χ1) is 7.92. The maximum atomic E-state index is 12.0. The van der Waals surface area contributed by atoms with Gasteiger partial charge in [-0.2, -0.15) is 0 Å². The van der Waals surface area contributed by atoms with Gasteiger partial charge < -0.3 is 10.0 Å². The first-order valence-corrected chi connectivity index (χ1v) is 5.93. The molecule has 1 aliphatic heterocycles. The van der Waals surface area contributed by atoms with Crippen LogP contribution >= 0.6 is 11.6 Å². The fourth-order valence-electron chi connectivity index (χ4n) is 1.81. The number of aromatic nitrogens is 1. The molecule has 1 fully saturated rings. The lowest BCUT2D eigenvalue weighted by atomic mass is 9.83. The lowest BCUT2D eigenvalue weighted by Crippen LogP contribution is -2.66. The van der Waals surface area contributed by atoms with Crippen molar-refractivity contribution >= 4 is 17.5 Å². The molecule has 1 aromatic rings. The number of aliphatic hydroxyl groups is 1. The number of halogens is 1. The van der Waals surface area contributed by atoms with E-state index in [0.29, 0.717) is 23.8 Å². The summed E-state index contributed by atoms with van der Waals surface area (Å²) in [6, 6.07) is 3.16. The Bertz CT molecular complexity index is 442. The van der Waals surface area contributed by atoms with Gasteiger partial charge in [-0.3, -0.25) is 9.78 Å². The molecule has 2 rings (SSSR count). The number of nitrogens with zero attached hydrogens (tertiary/aromatic N) is 2. The molecule has 1 amide bonds. The number of hydrogen-bond donors (Lipinski definition) is 1. The van der Waals surface area contributed by atoms with Crippen LogP contribution in [0.4, 0.5) is 0 Å². The SMILES string of the molecule is CC(C)C1(O)CN(C(=O)c2cc(Cl)ccn2)C1. The zero-order valence-electron chi connectivity index (χ0n) is 9.85. The van der Waals surface area contributed by atoms with Gasteiger partial charge in [-0.25, -0.2) is 0 Å². The molecule has 2 heterocycles. The first-order valence-electron chi connectivity index (χ1n) is 5.55. The molecule has 1 saturated heterocycles. The summed E-state index contributed by atoms with van der Waals surface area (Å²) in [5.41, 5.74) is -0.433. The zero-order chi connectivity index (χ0) is 12.6. The van der Waals surface area contributed by atoms with Gasteiger partial charge in [0.2, 0.25) is 0 Å². The van der Waals surface area contributed by atoms with E-state index in [1.165, 1.54) is 12.3 Å². The van der Waals surface area contributed by atoms with Crippen LogP contribution in [0.1, 0.15) is 24.3 Å². The number of likely N-dealkylation sites (tertiary alicyclic amines) is 1. The molecule has 1 N–H and O–H groups in total. The van der Waals surface area contributed by atoms with Crippen LogP contribution in [0.15, 0.2) is 18.3 Å². The largest absolute Gasteiger partial charge is 0.386 e. The third-order valence-electron chi connectivity index (χ3n) is 3.23. The predicted molar refractivity (Wildman–Crippen MR) is 64.9 cm³/mol. The van der Waals surface area contributed by atoms with Crippen LogP contribution in [0.3, 0.4) is 0 Å². The molecule has 4 nitrogen and oxygen atoms in total. The fraction of sp³-hybridized carbons (Fsp3) is 0.500. The average molecular weight is 255 g/mol. The summed E-state index contributed by atoms with van der Waals surface area (Å²) in [6.45, 7) is 4.61. The quantitative estimate of drug-likeness (QED) is 0.872. The molecule has 1 aliphatic rings. The molecule has 1 aromatic heterocycles. The van der Waals surface area contributed by atoms with Crippen LogP contribution in [0.5, 0.6) is 0 Å². The Hall–Kier alpha value is -1.13. The summed E-state index contributed by atoms with van der Waals surface area (Å²) in [6.07, 6.45) is 1.50. The number of pyridine rings is 1. The summed E-state index contributed by atoms with van der Waals surface area (Å²) in [5.74, 6) is -0.0447. The summed E-state index contributed by atoms with van der Waals surface area (Å²) >= 11 is 5.80. The highest BCUT2D eigenvalue weighted by atomic mass is 35.5. The second-order valence-corrected chi connectivity index (χ2v) is 5.22. The van der Waals surface area contributed by atoms with Crippen LogP contribution in [0.2, 0.25) is 5.02 Å². The molecule has 0 bridgehead atoms. The third kappa shape index (κ3) is 2.28. The van der Waals surface area contributed by atoms with Crippen LogP contribution in [-0.4, -0.2) is 39.6 Å². The lowest BCUT2D eigenvalue weighted by Gasteiger charge is -2.48. The van der Waals surface area contributed by atoms with Crippen molar-refractivity contribution in [1.29, 1.82) is 0 Å². The predicted octanol–water partition coefficient (Wildman–Crippen LogP) is 1.58. The monoisotopic (exact) mass is 254 g/mol. The van der Waals surface area contributed by atoms with Gasteiger partial charge in [-0.05, 0) is 18.1 Å². The Morgan fingerprint density at radius 1 is 1.59 bits per heavy atom. The molecular formula is C12H15ClN2O2. The minimum absolute atomic E-state index is 0.138. The number of carbonyl (C=O) groups is 1. The van der Waals surface area contributed by atoms with E-state index in [0.717, 1.165) is 0 Å². The van der Waals surface area contributed by atoms with Gasteiger partial charge >= 0.3 is 0 Å². The van der Waals surface area contributed by atoms with Gasteiger partial charge in [0.05, 0.1) is 13.1 Å². The molecule has 0 unspecified atom stereocenters. The summed E-state index contributed by atoms with van der Waals surface area (Å²) in [5, 5.41) is 10.6. The highest BCUT2D eigenvalue weighted by Gasteiger charge is 2.46. The molecule has 0 aromatic carbocycles. The van der Waals surface area contributed by atoms with E-state index < -0.39 is 5.60 Å². The Morgan fingerprint density at radius 3 is 2.76 bits per heavy atom. The second kappa shape index (κ2) is 4.27. The van der Waals surface area contributed by atoms with Crippen molar-refractivity contribution in [2.45, 2.75) is 19.4 Å². The summed E-state index contributed by atoms with van der Waals surface area (Å²) in [7, 11) is 0. The number of hydrogen-bond acceptors (Lipinski definition) is 3. The minimum Gasteiger partial charge on any atom is -0.386 e. The maximum absolute atomic E-state index is 12.0. The van der Waals surface area contributed by atoms with Crippen molar-refractivity contribution < 1.29 is 9.90 Å². The van der Waals surface area contributed by atoms with Crippen molar-refractivity contribution in [2.75, 3.05) is 13.1 Å². The fourth-order valence-corrected chi connectivity index (χ4v) is 1.97. The molecule has 0 saturated carbocycles. The van der Waals surface area contributed by atoms with E-state index in [-0.39, 0.29) is 11.8 Å². The van der Waals surface area contributed by atoms with E-state index in [1.807, 2.05) is 13.8 Å². The van der Waals surface area contributed by atoms with Crippen molar-refractivity contribution in [2.24, 2.45) is 5.92 Å². The Balaban J connectivity index is 2.05. The Kier molecular flexibility index (Phi) is 3.10. The van der Waals surface area contributed by atoms with Gasteiger partial charge in [0.25, 0.3) is 5.91 Å². The van der Waals surface area contributed by atoms with Crippen molar-refractivity contribution in [1.82, 2.24) is 9.88 Å². The molecular weight excluding hydrogens is 240 g/mol. The van der Waals surface area contributed by atoms with E-state index in [9.17, 15) is 9.90 Å². The van der Waals surface area contributed by atoms with E-state index in [4.69, 9.17) is 11.6 Å². The third-order valence-corrected chi connectivity index (χ3v) is 3.47. The summed E-state index contributed by atoms with van der Waals surface area (Å²) < 4.78 is 0. The van der Waals surface area contributed by atoms with Gasteiger partial charge in [-0.1, -0.05) is 25.4 Å². The van der Waals surface area contributed by atoms with E-state index in [2.05, 4.69) is 4.98 Å². The number of rotatable bonds is 2. The zero-order valence-corrected chi connectivity index (χ0v) is 10.6. The summed E-state index contributed by atoms with van der Waals surface area (Å²) in [4.78, 5) is 17.5. The van der Waals surface area contributed by atoms with Crippen LogP contribution in [0, 0.1) is 5.92 Å². The van der Waals surface area contributed by atoms with Gasteiger partial charge in [-0.15, -0.1) is 0 Å². The lowest BCUT2D eigenvalue weighted by molar-refractivity contribution is -0.111. The Morgan fingerprint density at radius 2 is 2.24 bits per heavy atom. The highest BCUT2D eigenvalue weighted by Crippen LogP contribution is 2.29. The van der Waals surface area contributed by atoms with Gasteiger partial charge in [0.15, 0.2) is 0 Å². The average Bonchev–Trinajstić information content (AvgIpc) is 2.23. The van der Waals surface area contributed by atoms with Crippen molar-refractivity contribution in [3.8, 4) is 0 Å². The van der Waals surface area contributed by atoms with Crippen molar-refractivity contribution in [3.63, 3.8) is 0 Å². The number of β-amino-alcohol motifs (C(OH)–C–C–N with tert-alkyl or cyclic N) is 1.